The molecule has 0 amide bonds. The van der Waals surface area contributed by atoms with Gasteiger partial charge in [-0.25, -0.2) is 0 Å². The van der Waals surface area contributed by atoms with Crippen molar-refractivity contribution in [2.45, 2.75) is 6.42 Å². The Hall–Kier alpha value is -7.41. The summed E-state index contributed by atoms with van der Waals surface area (Å²) in [5.74, 6) is 0.192. The molecule has 0 saturated heterocycles. The number of aromatic hydroxyl groups is 2. The van der Waals surface area contributed by atoms with Gasteiger partial charge in [-0.3, -0.25) is 25.0 Å². The summed E-state index contributed by atoms with van der Waals surface area (Å²) in [4.78, 5) is 38.2. The number of phenolic OH excluding ortho intramolecular Hbond substituents is 2. The van der Waals surface area contributed by atoms with Crippen molar-refractivity contribution < 1.29 is 34.3 Å². The molecule has 2 N–H and O–H groups in total. The number of nitro benzene ring substituents is 2. The predicted octanol–water partition coefficient (Wildman–Crippen LogP) is 8.91. The van der Waals surface area contributed by atoms with Crippen LogP contribution in [0.4, 0.5) is 22.7 Å². The zero-order chi connectivity index (χ0) is 41.4. The number of hydrogen-bond donors (Lipinski definition) is 2. The molecule has 0 aliphatic heterocycles. The third-order valence-electron chi connectivity index (χ3n) is 9.23. The SMILES string of the molecule is COc1ccc(C(=O)c2ccc(N(C)C)cc2)c(O)c1-c1cccc([N+](=O)[O-])c1.COc1ccc(Cc2ccc(N(C)C)cc2)c(O)c1-c1cccc([N+](=O)[O-])c1. The van der Waals surface area contributed by atoms with Crippen molar-refractivity contribution in [3.8, 4) is 45.3 Å². The molecule has 0 radical (unpaired) electrons. The molecule has 0 fully saturated rings. The smallest absolute Gasteiger partial charge is 0.270 e. The molecular weight excluding hydrogens is 729 g/mol. The summed E-state index contributed by atoms with van der Waals surface area (Å²) in [6.07, 6.45) is 0.533. The first-order valence-electron chi connectivity index (χ1n) is 17.6. The number of ether oxygens (including phenoxy) is 2. The van der Waals surface area contributed by atoms with Crippen LogP contribution in [0.25, 0.3) is 22.3 Å². The maximum absolute atomic E-state index is 13.0. The van der Waals surface area contributed by atoms with E-state index in [0.29, 0.717) is 40.2 Å². The van der Waals surface area contributed by atoms with Gasteiger partial charge in [0.1, 0.15) is 23.0 Å². The largest absolute Gasteiger partial charge is 0.507 e. The molecule has 6 rings (SSSR count). The van der Waals surface area contributed by atoms with Crippen LogP contribution in [0, 0.1) is 20.2 Å². The van der Waals surface area contributed by atoms with E-state index < -0.39 is 9.85 Å². The van der Waals surface area contributed by atoms with Gasteiger partial charge in [0, 0.05) is 75.8 Å². The van der Waals surface area contributed by atoms with Gasteiger partial charge in [-0.05, 0) is 76.9 Å². The summed E-state index contributed by atoms with van der Waals surface area (Å²) in [5, 5.41) is 44.0. The highest BCUT2D eigenvalue weighted by Gasteiger charge is 2.22. The molecule has 0 atom stereocenters. The molecule has 0 aliphatic carbocycles. The van der Waals surface area contributed by atoms with E-state index in [1.165, 1.54) is 50.6 Å². The van der Waals surface area contributed by atoms with Crippen molar-refractivity contribution in [3.05, 3.63) is 164 Å². The van der Waals surface area contributed by atoms with Gasteiger partial charge in [0.2, 0.25) is 0 Å². The topological polar surface area (TPSA) is 169 Å². The molecule has 0 bridgehead atoms. The van der Waals surface area contributed by atoms with Gasteiger partial charge in [0.05, 0.1) is 40.8 Å². The first kappa shape index (κ1) is 40.8. The second-order valence-corrected chi connectivity index (χ2v) is 13.3. The summed E-state index contributed by atoms with van der Waals surface area (Å²) in [5.41, 5.74) is 5.75. The second-order valence-electron chi connectivity index (χ2n) is 13.3. The average molecular weight is 771 g/mol. The van der Waals surface area contributed by atoms with Crippen molar-refractivity contribution in [3.63, 3.8) is 0 Å². The van der Waals surface area contributed by atoms with E-state index in [1.807, 2.05) is 80.5 Å². The highest BCUT2D eigenvalue weighted by Crippen LogP contribution is 2.43. The van der Waals surface area contributed by atoms with Crippen LogP contribution in [0.3, 0.4) is 0 Å². The van der Waals surface area contributed by atoms with E-state index >= 15 is 0 Å². The van der Waals surface area contributed by atoms with Crippen molar-refractivity contribution >= 4 is 28.5 Å². The Balaban J connectivity index is 0.000000218. The van der Waals surface area contributed by atoms with Crippen molar-refractivity contribution in [2.24, 2.45) is 0 Å². The molecule has 13 heteroatoms. The standard InChI is InChI=1S/C22H20N2O5.C22H22N2O4/c1-23(2)16-9-7-14(8-10-16)21(25)18-11-12-19(29-3)20(22(18)26)15-5-4-6-17(13-15)24(27)28;1-23(2)18-10-7-15(8-11-18)13-17-9-12-20(28-3)21(22(17)25)16-5-4-6-19(14-16)24(26)27/h4-13,26H,1-3H3;4-12,14,25H,13H2,1-3H3. The predicted molar refractivity (Wildman–Crippen MR) is 221 cm³/mol. The Kier molecular flexibility index (Phi) is 12.7. The van der Waals surface area contributed by atoms with Gasteiger partial charge < -0.3 is 29.5 Å². The molecule has 0 saturated carbocycles. The van der Waals surface area contributed by atoms with Crippen molar-refractivity contribution in [1.29, 1.82) is 0 Å². The molecular formula is C44H42N4O9. The third kappa shape index (κ3) is 9.28. The maximum Gasteiger partial charge on any atom is 0.270 e. The molecule has 0 spiro atoms. The van der Waals surface area contributed by atoms with E-state index in [-0.39, 0.29) is 39.8 Å². The van der Waals surface area contributed by atoms with Crippen LogP contribution in [0.2, 0.25) is 0 Å². The lowest BCUT2D eigenvalue weighted by Crippen LogP contribution is -2.09. The quantitative estimate of drug-likeness (QED) is 0.0692. The number of phenols is 2. The lowest BCUT2D eigenvalue weighted by Gasteiger charge is -2.15. The molecule has 0 aliphatic rings. The molecule has 292 valence electrons. The fraction of sp³-hybridized carbons (Fsp3) is 0.159. The van der Waals surface area contributed by atoms with E-state index in [2.05, 4.69) is 0 Å². The Morgan fingerprint density at radius 1 is 0.614 bits per heavy atom. The first-order valence-corrected chi connectivity index (χ1v) is 17.6. The minimum atomic E-state index is -0.520. The van der Waals surface area contributed by atoms with Crippen LogP contribution in [0.1, 0.15) is 27.0 Å². The maximum atomic E-state index is 13.0. The third-order valence-corrected chi connectivity index (χ3v) is 9.23. The van der Waals surface area contributed by atoms with Gasteiger partial charge in [-0.2, -0.15) is 0 Å². The van der Waals surface area contributed by atoms with Crippen LogP contribution in [-0.4, -0.2) is 68.3 Å². The van der Waals surface area contributed by atoms with Gasteiger partial charge in [-0.1, -0.05) is 42.5 Å². The van der Waals surface area contributed by atoms with E-state index in [9.17, 15) is 35.2 Å². The fourth-order valence-corrected chi connectivity index (χ4v) is 6.16. The number of benzene rings is 6. The van der Waals surface area contributed by atoms with Crippen LogP contribution < -0.4 is 19.3 Å². The minimum absolute atomic E-state index is 0.0383. The summed E-state index contributed by atoms with van der Waals surface area (Å²) < 4.78 is 10.7. The van der Waals surface area contributed by atoms with Crippen LogP contribution in [-0.2, 0) is 6.42 Å². The van der Waals surface area contributed by atoms with E-state index in [4.69, 9.17) is 9.47 Å². The number of non-ortho nitro benzene ring substituents is 2. The Morgan fingerprint density at radius 2 is 1.07 bits per heavy atom. The molecule has 6 aromatic carbocycles. The molecule has 13 nitrogen and oxygen atoms in total. The first-order chi connectivity index (χ1) is 27.2. The van der Waals surface area contributed by atoms with E-state index in [1.54, 1.807) is 42.5 Å². The number of nitro groups is 2. The Labute approximate surface area is 329 Å². The van der Waals surface area contributed by atoms with Crippen LogP contribution in [0.15, 0.2) is 121 Å². The lowest BCUT2D eigenvalue weighted by atomic mass is 9.95. The summed E-state index contributed by atoms with van der Waals surface area (Å²) in [6, 6.07) is 33.7. The fourth-order valence-electron chi connectivity index (χ4n) is 6.16. The number of anilines is 2. The zero-order valence-corrected chi connectivity index (χ0v) is 32.3. The zero-order valence-electron chi connectivity index (χ0n) is 32.3. The summed E-state index contributed by atoms with van der Waals surface area (Å²) in [7, 11) is 10.7. The van der Waals surface area contributed by atoms with Crippen LogP contribution >= 0.6 is 0 Å². The summed E-state index contributed by atoms with van der Waals surface area (Å²) >= 11 is 0. The number of ketones is 1. The number of carbonyl (C=O) groups excluding carboxylic acids is 1. The van der Waals surface area contributed by atoms with Crippen molar-refractivity contribution in [2.75, 3.05) is 52.2 Å². The Bertz CT molecular complexity index is 2410. The minimum Gasteiger partial charge on any atom is -0.507 e. The highest BCUT2D eigenvalue weighted by molar-refractivity contribution is 6.12. The number of nitrogens with zero attached hydrogens (tertiary/aromatic N) is 4. The average Bonchev–Trinajstić information content (AvgIpc) is 3.21. The second kappa shape index (κ2) is 17.8. The van der Waals surface area contributed by atoms with Gasteiger partial charge in [0.25, 0.3) is 11.4 Å². The van der Waals surface area contributed by atoms with Gasteiger partial charge in [0.15, 0.2) is 5.78 Å². The van der Waals surface area contributed by atoms with E-state index in [0.717, 1.165) is 22.5 Å². The number of carbonyl (C=O) groups is 1. The Morgan fingerprint density at radius 3 is 1.53 bits per heavy atom. The van der Waals surface area contributed by atoms with Crippen LogP contribution in [0.5, 0.6) is 23.0 Å². The number of methoxy groups -OCH3 is 2. The molecule has 6 aromatic rings. The highest BCUT2D eigenvalue weighted by atomic mass is 16.6. The molecule has 0 heterocycles. The monoisotopic (exact) mass is 770 g/mol. The number of rotatable bonds is 12. The lowest BCUT2D eigenvalue weighted by molar-refractivity contribution is -0.385. The summed E-state index contributed by atoms with van der Waals surface area (Å²) in [6.45, 7) is 0. The molecule has 0 unspecified atom stereocenters. The normalized spacial score (nSPS) is 10.5. The van der Waals surface area contributed by atoms with Gasteiger partial charge >= 0.3 is 0 Å². The number of hydrogen-bond acceptors (Lipinski definition) is 11. The van der Waals surface area contributed by atoms with Gasteiger partial charge in [-0.15, -0.1) is 0 Å². The molecule has 0 aromatic heterocycles. The van der Waals surface area contributed by atoms with Crippen molar-refractivity contribution in [1.82, 2.24) is 0 Å². The molecule has 57 heavy (non-hydrogen) atoms.